The van der Waals surface area contributed by atoms with E-state index in [4.69, 9.17) is 23.7 Å². The third-order valence-corrected chi connectivity index (χ3v) is 5.43. The van der Waals surface area contributed by atoms with Crippen molar-refractivity contribution in [1.29, 1.82) is 0 Å². The number of ether oxygens (including phenoxy) is 5. The van der Waals surface area contributed by atoms with Crippen LogP contribution >= 0.6 is 15.9 Å². The molecule has 0 saturated heterocycles. The summed E-state index contributed by atoms with van der Waals surface area (Å²) in [5, 5.41) is 0. The van der Waals surface area contributed by atoms with Gasteiger partial charge in [0, 0.05) is 17.2 Å². The van der Waals surface area contributed by atoms with Gasteiger partial charge in [0.15, 0.2) is 28.8 Å². The molecule has 0 N–H and O–H groups in total. The summed E-state index contributed by atoms with van der Waals surface area (Å²) in [7, 11) is 5.98. The number of hydrogen-bond donors (Lipinski definition) is 0. The van der Waals surface area contributed by atoms with Crippen molar-refractivity contribution in [3.05, 3.63) is 41.5 Å². The van der Waals surface area contributed by atoms with E-state index in [1.54, 1.807) is 30.3 Å². The lowest BCUT2D eigenvalue weighted by atomic mass is 9.85. The van der Waals surface area contributed by atoms with Gasteiger partial charge in [-0.3, -0.25) is 9.59 Å². The Morgan fingerprint density at radius 1 is 0.893 bits per heavy atom. The monoisotopic (exact) mass is 450 g/mol. The number of carbonyl (C=O) groups excluding carboxylic acids is 2. The van der Waals surface area contributed by atoms with Gasteiger partial charge >= 0.3 is 5.97 Å². The minimum Gasteiger partial charge on any atom is -0.493 e. The summed E-state index contributed by atoms with van der Waals surface area (Å²) in [6, 6.07) is 8.05. The first kappa shape index (κ1) is 20.0. The van der Waals surface area contributed by atoms with Crippen molar-refractivity contribution in [2.24, 2.45) is 0 Å². The summed E-state index contributed by atoms with van der Waals surface area (Å²) in [6.45, 7) is 0. The Bertz CT molecular complexity index is 925. The van der Waals surface area contributed by atoms with E-state index in [1.807, 2.05) is 0 Å². The van der Waals surface area contributed by atoms with Crippen LogP contribution in [0.2, 0.25) is 0 Å². The molecule has 1 heterocycles. The minimum atomic E-state index is -0.848. The molecule has 2 aromatic carbocycles. The van der Waals surface area contributed by atoms with Gasteiger partial charge in [0.25, 0.3) is 0 Å². The molecule has 148 valence electrons. The number of halogens is 1. The van der Waals surface area contributed by atoms with Crippen molar-refractivity contribution >= 4 is 27.7 Å². The summed E-state index contributed by atoms with van der Waals surface area (Å²) in [6.07, 6.45) is 0. The molecule has 0 saturated carbocycles. The van der Waals surface area contributed by atoms with Gasteiger partial charge in [-0.1, -0.05) is 15.9 Å². The topological polar surface area (TPSA) is 80.3 Å². The number of esters is 1. The molecule has 0 spiro atoms. The van der Waals surface area contributed by atoms with E-state index < -0.39 is 16.7 Å². The number of alkyl halides is 1. The third kappa shape index (κ3) is 3.40. The number of carbonyl (C=O) groups is 2. The average molecular weight is 451 g/mol. The first-order valence-corrected chi connectivity index (χ1v) is 9.24. The zero-order valence-corrected chi connectivity index (χ0v) is 17.4. The lowest BCUT2D eigenvalue weighted by molar-refractivity contribution is -0.134. The van der Waals surface area contributed by atoms with Gasteiger partial charge in [-0.05, 0) is 24.3 Å². The molecule has 0 aromatic heterocycles. The molecule has 0 amide bonds. The molecule has 0 bridgehead atoms. The highest BCUT2D eigenvalue weighted by atomic mass is 79.9. The van der Waals surface area contributed by atoms with E-state index >= 15 is 0 Å². The van der Waals surface area contributed by atoms with Crippen molar-refractivity contribution < 1.29 is 33.3 Å². The van der Waals surface area contributed by atoms with E-state index in [1.165, 1.54) is 28.4 Å². The molecule has 28 heavy (non-hydrogen) atoms. The van der Waals surface area contributed by atoms with Gasteiger partial charge < -0.3 is 23.7 Å². The highest BCUT2D eigenvalue weighted by Crippen LogP contribution is 2.45. The second-order valence-corrected chi connectivity index (χ2v) is 6.97. The molecule has 1 unspecified atom stereocenters. The largest absolute Gasteiger partial charge is 0.493 e. The summed E-state index contributed by atoms with van der Waals surface area (Å²) in [5.41, 5.74) is 0.904. The number of fused-ring (bicyclic) bond motifs is 1. The first-order chi connectivity index (χ1) is 13.4. The predicted molar refractivity (Wildman–Crippen MR) is 105 cm³/mol. The molecular formula is C20H19BrO7. The van der Waals surface area contributed by atoms with Crippen molar-refractivity contribution in [2.45, 2.75) is 10.7 Å². The molecule has 0 aliphatic carbocycles. The van der Waals surface area contributed by atoms with Crippen LogP contribution in [0.4, 0.5) is 0 Å². The molecule has 2 atom stereocenters. The summed E-state index contributed by atoms with van der Waals surface area (Å²) >= 11 is 3.31. The van der Waals surface area contributed by atoms with Gasteiger partial charge in [0.2, 0.25) is 0 Å². The van der Waals surface area contributed by atoms with Crippen LogP contribution in [0.15, 0.2) is 30.3 Å². The van der Waals surface area contributed by atoms with Crippen LogP contribution in [0, 0.1) is 0 Å². The average Bonchev–Trinajstić information content (AvgIpc) is 2.72. The van der Waals surface area contributed by atoms with Crippen LogP contribution in [0.5, 0.6) is 28.7 Å². The summed E-state index contributed by atoms with van der Waals surface area (Å²) in [5.74, 6) is 0.385. The number of hydrogen-bond acceptors (Lipinski definition) is 7. The smallest absolute Gasteiger partial charge is 0.326 e. The minimum absolute atomic E-state index is 0.261. The quantitative estimate of drug-likeness (QED) is 0.288. The lowest BCUT2D eigenvalue weighted by Gasteiger charge is -2.28. The highest BCUT2D eigenvalue weighted by molar-refractivity contribution is 9.10. The van der Waals surface area contributed by atoms with E-state index in [2.05, 4.69) is 15.9 Å². The van der Waals surface area contributed by atoms with Crippen LogP contribution in [0.1, 0.15) is 21.8 Å². The van der Waals surface area contributed by atoms with E-state index in [0.29, 0.717) is 34.1 Å². The Morgan fingerprint density at radius 2 is 1.46 bits per heavy atom. The lowest BCUT2D eigenvalue weighted by Crippen LogP contribution is -2.36. The predicted octanol–water partition coefficient (Wildman–Crippen LogP) is 3.37. The Labute approximate surface area is 170 Å². The van der Waals surface area contributed by atoms with Crippen LogP contribution in [0.25, 0.3) is 0 Å². The SMILES string of the molecule is COc1ccc(C(=O)[C@@H]2c3cc(OC)c(OC)cc3OC(=O)C2Br)cc1OC. The van der Waals surface area contributed by atoms with Gasteiger partial charge in [-0.25, -0.2) is 0 Å². The molecule has 0 radical (unpaired) electrons. The number of benzene rings is 2. The number of ketones is 1. The Morgan fingerprint density at radius 3 is 2.07 bits per heavy atom. The molecule has 8 heteroatoms. The van der Waals surface area contributed by atoms with Crippen LogP contribution in [-0.4, -0.2) is 45.0 Å². The maximum Gasteiger partial charge on any atom is 0.326 e. The normalized spacial score (nSPS) is 18.0. The van der Waals surface area contributed by atoms with Crippen molar-refractivity contribution in [2.75, 3.05) is 28.4 Å². The standard InChI is InChI=1S/C20H19BrO7/c1-24-12-6-5-10(7-14(12)25-2)19(22)17-11-8-15(26-3)16(27-4)9-13(11)28-20(23)18(17)21/h5-9,17-18H,1-4H3/t17-,18?/m1/s1. The van der Waals surface area contributed by atoms with E-state index in [9.17, 15) is 9.59 Å². The van der Waals surface area contributed by atoms with Crippen LogP contribution in [0.3, 0.4) is 0 Å². The fourth-order valence-corrected chi connectivity index (χ4v) is 3.73. The second kappa shape index (κ2) is 8.10. The second-order valence-electron chi connectivity index (χ2n) is 5.98. The first-order valence-electron chi connectivity index (χ1n) is 8.33. The summed E-state index contributed by atoms with van der Waals surface area (Å²) < 4.78 is 26.5. The fraction of sp³-hybridized carbons (Fsp3) is 0.300. The van der Waals surface area contributed by atoms with Crippen molar-refractivity contribution in [1.82, 2.24) is 0 Å². The van der Waals surface area contributed by atoms with E-state index in [0.717, 1.165) is 0 Å². The fourth-order valence-electron chi connectivity index (χ4n) is 3.11. The zero-order chi connectivity index (χ0) is 20.4. The third-order valence-electron chi connectivity index (χ3n) is 4.53. The molecule has 7 nitrogen and oxygen atoms in total. The number of rotatable bonds is 6. The Balaban J connectivity index is 2.11. The van der Waals surface area contributed by atoms with Gasteiger partial charge in [-0.2, -0.15) is 0 Å². The molecule has 2 aromatic rings. The van der Waals surface area contributed by atoms with Crippen molar-refractivity contribution in [3.8, 4) is 28.7 Å². The highest BCUT2D eigenvalue weighted by Gasteiger charge is 2.42. The molecule has 1 aliphatic heterocycles. The molecular weight excluding hydrogens is 432 g/mol. The van der Waals surface area contributed by atoms with Crippen LogP contribution < -0.4 is 23.7 Å². The van der Waals surface area contributed by atoms with Gasteiger partial charge in [-0.15, -0.1) is 0 Å². The zero-order valence-electron chi connectivity index (χ0n) is 15.8. The van der Waals surface area contributed by atoms with Gasteiger partial charge in [0.05, 0.1) is 34.4 Å². The summed E-state index contributed by atoms with van der Waals surface area (Å²) in [4.78, 5) is 24.8. The van der Waals surface area contributed by atoms with Crippen LogP contribution in [-0.2, 0) is 4.79 Å². The number of Topliss-reactive ketones (excluding diaryl/α,β-unsaturated/α-hetero) is 1. The Kier molecular flexibility index (Phi) is 5.79. The molecule has 1 aliphatic rings. The maximum atomic E-state index is 13.3. The Hall–Kier alpha value is -2.74. The maximum absolute atomic E-state index is 13.3. The van der Waals surface area contributed by atoms with Crippen molar-refractivity contribution in [3.63, 3.8) is 0 Å². The van der Waals surface area contributed by atoms with E-state index in [-0.39, 0.29) is 11.5 Å². The molecule has 0 fully saturated rings. The van der Waals surface area contributed by atoms with Gasteiger partial charge in [0.1, 0.15) is 10.6 Å². The number of methoxy groups -OCH3 is 4. The molecule has 3 rings (SSSR count).